The van der Waals surface area contributed by atoms with Gasteiger partial charge in [-0.25, -0.2) is 4.98 Å². The summed E-state index contributed by atoms with van der Waals surface area (Å²) in [4.78, 5) is 18.0. The molecule has 0 saturated heterocycles. The molecular weight excluding hydrogens is 302 g/mol. The van der Waals surface area contributed by atoms with Crippen molar-refractivity contribution in [2.45, 2.75) is 0 Å². The molecule has 0 atom stereocenters. The fourth-order valence-corrected chi connectivity index (χ4v) is 1.74. The first-order valence-electron chi connectivity index (χ1n) is 5.61. The van der Waals surface area contributed by atoms with Gasteiger partial charge >= 0.3 is 5.69 Å². The molecule has 0 aliphatic rings. The summed E-state index contributed by atoms with van der Waals surface area (Å²) < 4.78 is 15.5. The Morgan fingerprint density at radius 2 is 2.00 bits per heavy atom. The quantitative estimate of drug-likeness (QED) is 0.475. The van der Waals surface area contributed by atoms with Crippen LogP contribution < -0.4 is 14.2 Å². The molecule has 1 heterocycles. The Bertz CT molecular complexity index is 680. The third-order valence-electron chi connectivity index (χ3n) is 2.50. The third-order valence-corrected chi connectivity index (χ3v) is 2.77. The van der Waals surface area contributed by atoms with E-state index < -0.39 is 4.92 Å². The standard InChI is InChI=1S/C12H10ClN3O5/c1-19-7-3-4-8(16(17)18)9(5-7)21-12-10(20-2)11(13)14-6-15-12/h3-6H,1-2H3. The number of nitrogens with zero attached hydrogens (tertiary/aromatic N) is 3. The molecule has 0 saturated carbocycles. The van der Waals surface area contributed by atoms with Crippen molar-refractivity contribution >= 4 is 17.3 Å². The van der Waals surface area contributed by atoms with Gasteiger partial charge < -0.3 is 14.2 Å². The van der Waals surface area contributed by atoms with Gasteiger partial charge in [0.15, 0.2) is 5.15 Å². The summed E-state index contributed by atoms with van der Waals surface area (Å²) in [7, 11) is 2.80. The van der Waals surface area contributed by atoms with Crippen LogP contribution in [0.2, 0.25) is 5.15 Å². The molecule has 2 aromatic rings. The highest BCUT2D eigenvalue weighted by atomic mass is 35.5. The van der Waals surface area contributed by atoms with Gasteiger partial charge in [-0.1, -0.05) is 11.6 Å². The molecule has 9 heteroatoms. The molecule has 1 aromatic carbocycles. The van der Waals surface area contributed by atoms with Crippen LogP contribution in [-0.4, -0.2) is 29.1 Å². The van der Waals surface area contributed by atoms with E-state index in [0.29, 0.717) is 5.75 Å². The number of hydrogen-bond acceptors (Lipinski definition) is 7. The van der Waals surface area contributed by atoms with Gasteiger partial charge in [0.25, 0.3) is 5.88 Å². The zero-order valence-corrected chi connectivity index (χ0v) is 11.8. The second-order valence-electron chi connectivity index (χ2n) is 3.70. The predicted octanol–water partition coefficient (Wildman–Crippen LogP) is 2.85. The number of rotatable bonds is 5. The number of nitro groups is 1. The van der Waals surface area contributed by atoms with Crippen molar-refractivity contribution in [1.29, 1.82) is 0 Å². The minimum absolute atomic E-state index is 0.0335. The van der Waals surface area contributed by atoms with Gasteiger partial charge in [0.05, 0.1) is 19.1 Å². The number of benzene rings is 1. The minimum atomic E-state index is -0.579. The summed E-state index contributed by atoms with van der Waals surface area (Å²) in [5, 5.41) is 11.1. The molecule has 0 radical (unpaired) electrons. The first-order valence-corrected chi connectivity index (χ1v) is 5.99. The highest BCUT2D eigenvalue weighted by Gasteiger charge is 2.20. The van der Waals surface area contributed by atoms with Crippen LogP contribution in [0.25, 0.3) is 0 Å². The van der Waals surface area contributed by atoms with Crippen LogP contribution in [0, 0.1) is 10.1 Å². The zero-order valence-electron chi connectivity index (χ0n) is 11.1. The van der Waals surface area contributed by atoms with Crippen molar-refractivity contribution in [3.63, 3.8) is 0 Å². The predicted molar refractivity (Wildman–Crippen MR) is 73.3 cm³/mol. The summed E-state index contributed by atoms with van der Waals surface area (Å²) >= 11 is 5.84. The lowest BCUT2D eigenvalue weighted by molar-refractivity contribution is -0.385. The molecular formula is C12H10ClN3O5. The minimum Gasteiger partial charge on any atom is -0.497 e. The average Bonchev–Trinajstić information content (AvgIpc) is 2.47. The topological polar surface area (TPSA) is 96.6 Å². The van der Waals surface area contributed by atoms with Crippen LogP contribution >= 0.6 is 11.6 Å². The van der Waals surface area contributed by atoms with E-state index in [0.717, 1.165) is 6.33 Å². The molecule has 2 rings (SSSR count). The lowest BCUT2D eigenvalue weighted by atomic mass is 10.3. The van der Waals surface area contributed by atoms with Crippen LogP contribution in [0.3, 0.4) is 0 Å². The van der Waals surface area contributed by atoms with Crippen LogP contribution in [-0.2, 0) is 0 Å². The Hall–Kier alpha value is -2.61. The fourth-order valence-electron chi connectivity index (χ4n) is 1.54. The van der Waals surface area contributed by atoms with Crippen LogP contribution in [0.4, 0.5) is 5.69 Å². The van der Waals surface area contributed by atoms with Crippen LogP contribution in [0.5, 0.6) is 23.1 Å². The summed E-state index contributed by atoms with van der Waals surface area (Å²) in [5.41, 5.74) is -0.243. The number of aromatic nitrogens is 2. The number of halogens is 1. The lowest BCUT2D eigenvalue weighted by Crippen LogP contribution is -1.98. The van der Waals surface area contributed by atoms with E-state index in [1.54, 1.807) is 0 Å². The first kappa shape index (κ1) is 14.8. The second kappa shape index (κ2) is 6.23. The van der Waals surface area contributed by atoms with Crippen LogP contribution in [0.15, 0.2) is 24.5 Å². The van der Waals surface area contributed by atoms with Gasteiger partial charge in [0, 0.05) is 12.1 Å². The maximum absolute atomic E-state index is 11.0. The third kappa shape index (κ3) is 3.11. The molecule has 0 spiro atoms. The molecule has 0 N–H and O–H groups in total. The number of ether oxygens (including phenoxy) is 3. The van der Waals surface area contributed by atoms with Crippen molar-refractivity contribution in [3.05, 3.63) is 39.8 Å². The fraction of sp³-hybridized carbons (Fsp3) is 0.167. The molecule has 1 aromatic heterocycles. The first-order chi connectivity index (χ1) is 10.1. The van der Waals surface area contributed by atoms with Crippen molar-refractivity contribution < 1.29 is 19.1 Å². The Labute approximate surface area is 124 Å². The molecule has 0 amide bonds. The van der Waals surface area contributed by atoms with Crippen molar-refractivity contribution in [2.24, 2.45) is 0 Å². The van der Waals surface area contributed by atoms with Gasteiger partial charge in [-0.05, 0) is 6.07 Å². The van der Waals surface area contributed by atoms with Crippen molar-refractivity contribution in [1.82, 2.24) is 9.97 Å². The molecule has 0 bridgehead atoms. The Kier molecular flexibility index (Phi) is 4.39. The van der Waals surface area contributed by atoms with E-state index in [4.69, 9.17) is 25.8 Å². The molecule has 21 heavy (non-hydrogen) atoms. The number of methoxy groups -OCH3 is 2. The highest BCUT2D eigenvalue weighted by molar-refractivity contribution is 6.31. The maximum atomic E-state index is 11.0. The largest absolute Gasteiger partial charge is 0.497 e. The maximum Gasteiger partial charge on any atom is 0.311 e. The van der Waals surface area contributed by atoms with E-state index in [1.165, 1.54) is 32.4 Å². The van der Waals surface area contributed by atoms with Gasteiger partial charge in [-0.2, -0.15) is 4.98 Å². The van der Waals surface area contributed by atoms with Crippen molar-refractivity contribution in [3.8, 4) is 23.1 Å². The molecule has 0 unspecified atom stereocenters. The molecule has 0 aliphatic heterocycles. The summed E-state index contributed by atoms with van der Waals surface area (Å²) in [6.45, 7) is 0. The summed E-state index contributed by atoms with van der Waals surface area (Å²) in [6, 6.07) is 4.09. The van der Waals surface area contributed by atoms with E-state index in [1.807, 2.05) is 0 Å². The van der Waals surface area contributed by atoms with Gasteiger partial charge in [-0.3, -0.25) is 10.1 Å². The smallest absolute Gasteiger partial charge is 0.311 e. The Morgan fingerprint density at radius 3 is 2.62 bits per heavy atom. The SMILES string of the molecule is COc1ccc([N+](=O)[O-])c(Oc2ncnc(Cl)c2OC)c1. The molecule has 0 fully saturated rings. The van der Waals surface area contributed by atoms with E-state index >= 15 is 0 Å². The monoisotopic (exact) mass is 311 g/mol. The lowest BCUT2D eigenvalue weighted by Gasteiger charge is -2.10. The average molecular weight is 312 g/mol. The number of hydrogen-bond donors (Lipinski definition) is 0. The second-order valence-corrected chi connectivity index (χ2v) is 4.05. The van der Waals surface area contributed by atoms with E-state index in [2.05, 4.69) is 9.97 Å². The molecule has 110 valence electrons. The van der Waals surface area contributed by atoms with Gasteiger partial charge in [0.1, 0.15) is 12.1 Å². The zero-order chi connectivity index (χ0) is 15.4. The normalized spacial score (nSPS) is 10.0. The van der Waals surface area contributed by atoms with E-state index in [-0.39, 0.29) is 28.2 Å². The molecule has 0 aliphatic carbocycles. The van der Waals surface area contributed by atoms with Gasteiger partial charge in [-0.15, -0.1) is 0 Å². The van der Waals surface area contributed by atoms with Crippen LogP contribution in [0.1, 0.15) is 0 Å². The van der Waals surface area contributed by atoms with E-state index in [9.17, 15) is 10.1 Å². The van der Waals surface area contributed by atoms with Crippen molar-refractivity contribution in [2.75, 3.05) is 14.2 Å². The number of nitro benzene ring substituents is 1. The highest BCUT2D eigenvalue weighted by Crippen LogP contribution is 2.38. The Balaban J connectivity index is 2.48. The van der Waals surface area contributed by atoms with Gasteiger partial charge in [0.2, 0.25) is 11.5 Å². The summed E-state index contributed by atoms with van der Waals surface area (Å²) in [6.07, 6.45) is 1.16. The summed E-state index contributed by atoms with van der Waals surface area (Å²) in [5.74, 6) is 0.396. The molecule has 8 nitrogen and oxygen atoms in total. The Morgan fingerprint density at radius 1 is 1.24 bits per heavy atom.